The molecule has 0 saturated heterocycles. The van der Waals surface area contributed by atoms with Crippen LogP contribution in [0.4, 0.5) is 0 Å². The van der Waals surface area contributed by atoms with Crippen LogP contribution in [0.1, 0.15) is 42.4 Å². The molecule has 4 rings (SSSR count). The standard InChI is InChI=1S/C26H31BrN2/c1-19-12-13-26-24(17-19)23(14-15-28-20(2)21-8-5-9-21)18-29(26)16-6-10-22-7-3-4-11-25(22)27/h3-4,7,11-13,17-18,21,28H,2,5-6,8-10,14-16H2,1H3. The Bertz CT molecular complexity index is 997. The molecule has 0 amide bonds. The predicted molar refractivity (Wildman–Crippen MR) is 127 cm³/mol. The van der Waals surface area contributed by atoms with E-state index in [-0.39, 0.29) is 0 Å². The monoisotopic (exact) mass is 450 g/mol. The molecular weight excluding hydrogens is 420 g/mol. The van der Waals surface area contributed by atoms with Crippen molar-refractivity contribution in [1.29, 1.82) is 0 Å². The molecule has 2 nitrogen and oxygen atoms in total. The van der Waals surface area contributed by atoms with Gasteiger partial charge in [-0.25, -0.2) is 0 Å². The van der Waals surface area contributed by atoms with Crippen molar-refractivity contribution in [2.24, 2.45) is 5.92 Å². The Labute approximate surface area is 183 Å². The molecule has 1 saturated carbocycles. The van der Waals surface area contributed by atoms with E-state index in [1.54, 1.807) is 0 Å². The average molecular weight is 451 g/mol. The Morgan fingerprint density at radius 1 is 1.14 bits per heavy atom. The molecule has 1 heterocycles. The molecule has 1 N–H and O–H groups in total. The molecule has 0 aliphatic heterocycles. The first-order valence-electron chi connectivity index (χ1n) is 10.9. The number of rotatable bonds is 9. The lowest BCUT2D eigenvalue weighted by molar-refractivity contribution is 0.351. The summed E-state index contributed by atoms with van der Waals surface area (Å²) in [5.41, 5.74) is 6.76. The van der Waals surface area contributed by atoms with Gasteiger partial charge in [0.15, 0.2) is 0 Å². The van der Waals surface area contributed by atoms with E-state index in [4.69, 9.17) is 0 Å². The van der Waals surface area contributed by atoms with Gasteiger partial charge in [0.1, 0.15) is 0 Å². The number of benzene rings is 2. The van der Waals surface area contributed by atoms with Crippen molar-refractivity contribution in [1.82, 2.24) is 9.88 Å². The van der Waals surface area contributed by atoms with Gasteiger partial charge in [0.25, 0.3) is 0 Å². The molecule has 1 aromatic heterocycles. The second-order valence-corrected chi connectivity index (χ2v) is 9.25. The first-order chi connectivity index (χ1) is 14.1. The molecular formula is C26H31BrN2. The summed E-state index contributed by atoms with van der Waals surface area (Å²) in [6.45, 7) is 8.45. The number of nitrogens with one attached hydrogen (secondary N) is 1. The van der Waals surface area contributed by atoms with Crippen LogP contribution in [0.3, 0.4) is 0 Å². The van der Waals surface area contributed by atoms with Crippen LogP contribution >= 0.6 is 15.9 Å². The van der Waals surface area contributed by atoms with E-state index in [2.05, 4.69) is 88.0 Å². The summed E-state index contributed by atoms with van der Waals surface area (Å²) in [5, 5.41) is 4.99. The average Bonchev–Trinajstić information content (AvgIpc) is 2.99. The van der Waals surface area contributed by atoms with Gasteiger partial charge >= 0.3 is 0 Å². The summed E-state index contributed by atoms with van der Waals surface area (Å²) in [4.78, 5) is 0. The third-order valence-corrected chi connectivity index (χ3v) is 7.04. The quantitative estimate of drug-likeness (QED) is 0.379. The first-order valence-corrected chi connectivity index (χ1v) is 11.7. The first kappa shape index (κ1) is 20.3. The van der Waals surface area contributed by atoms with Gasteiger partial charge in [-0.15, -0.1) is 0 Å². The van der Waals surface area contributed by atoms with E-state index < -0.39 is 0 Å². The van der Waals surface area contributed by atoms with Crippen LogP contribution in [-0.2, 0) is 19.4 Å². The highest BCUT2D eigenvalue weighted by Gasteiger charge is 2.20. The van der Waals surface area contributed by atoms with Gasteiger partial charge in [-0.3, -0.25) is 0 Å². The second-order valence-electron chi connectivity index (χ2n) is 8.39. The van der Waals surface area contributed by atoms with Gasteiger partial charge in [0, 0.05) is 40.4 Å². The van der Waals surface area contributed by atoms with Crippen molar-refractivity contribution in [2.75, 3.05) is 6.54 Å². The van der Waals surface area contributed by atoms with E-state index in [1.807, 2.05) is 0 Å². The molecule has 0 atom stereocenters. The summed E-state index contributed by atoms with van der Waals surface area (Å²) >= 11 is 3.67. The van der Waals surface area contributed by atoms with Crippen LogP contribution in [0.15, 0.2) is 65.4 Å². The molecule has 0 spiro atoms. The molecule has 0 radical (unpaired) electrons. The molecule has 3 heteroatoms. The minimum absolute atomic E-state index is 0.705. The van der Waals surface area contributed by atoms with Crippen LogP contribution in [0, 0.1) is 12.8 Å². The summed E-state index contributed by atoms with van der Waals surface area (Å²) in [5.74, 6) is 0.705. The smallest absolute Gasteiger partial charge is 0.0483 e. The SMILES string of the molecule is C=C(NCCc1cn(CCCc2ccccc2Br)c2ccc(C)cc12)C1CCC1. The maximum absolute atomic E-state index is 4.25. The zero-order valence-corrected chi connectivity index (χ0v) is 19.0. The number of allylic oxidation sites excluding steroid dienone is 1. The Morgan fingerprint density at radius 2 is 1.97 bits per heavy atom. The van der Waals surface area contributed by atoms with E-state index in [0.29, 0.717) is 5.92 Å². The summed E-state index contributed by atoms with van der Waals surface area (Å²) in [6.07, 6.45) is 9.61. The van der Waals surface area contributed by atoms with Gasteiger partial charge in [-0.1, -0.05) is 58.8 Å². The number of aryl methyl sites for hydroxylation is 3. The van der Waals surface area contributed by atoms with Crippen LogP contribution in [0.25, 0.3) is 10.9 Å². The number of nitrogens with zero attached hydrogens (tertiary/aromatic N) is 1. The lowest BCUT2D eigenvalue weighted by atomic mass is 9.83. The fraction of sp³-hybridized carbons (Fsp3) is 0.385. The van der Waals surface area contributed by atoms with Crippen molar-refractivity contribution in [2.45, 2.75) is 52.0 Å². The maximum atomic E-state index is 4.25. The van der Waals surface area contributed by atoms with Crippen molar-refractivity contribution < 1.29 is 0 Å². The van der Waals surface area contributed by atoms with Gasteiger partial charge in [-0.05, 0) is 74.3 Å². The minimum Gasteiger partial charge on any atom is -0.388 e. The van der Waals surface area contributed by atoms with E-state index in [0.717, 1.165) is 32.4 Å². The topological polar surface area (TPSA) is 17.0 Å². The Morgan fingerprint density at radius 3 is 2.72 bits per heavy atom. The van der Waals surface area contributed by atoms with Crippen molar-refractivity contribution in [3.8, 4) is 0 Å². The second kappa shape index (κ2) is 9.21. The van der Waals surface area contributed by atoms with Gasteiger partial charge in [0.05, 0.1) is 0 Å². The molecule has 1 aliphatic rings. The molecule has 2 aromatic carbocycles. The highest BCUT2D eigenvalue weighted by molar-refractivity contribution is 9.10. The molecule has 152 valence electrons. The lowest BCUT2D eigenvalue weighted by Crippen LogP contribution is -2.25. The van der Waals surface area contributed by atoms with Gasteiger partial charge in [0.2, 0.25) is 0 Å². The molecule has 1 aliphatic carbocycles. The number of fused-ring (bicyclic) bond motifs is 1. The van der Waals surface area contributed by atoms with Crippen LogP contribution < -0.4 is 5.32 Å². The van der Waals surface area contributed by atoms with Crippen LogP contribution in [-0.4, -0.2) is 11.1 Å². The van der Waals surface area contributed by atoms with Crippen LogP contribution in [0.2, 0.25) is 0 Å². The molecule has 1 fully saturated rings. The van der Waals surface area contributed by atoms with Crippen LogP contribution in [0.5, 0.6) is 0 Å². The normalized spacial score (nSPS) is 14.1. The van der Waals surface area contributed by atoms with Gasteiger partial charge in [-0.2, -0.15) is 0 Å². The lowest BCUT2D eigenvalue weighted by Gasteiger charge is -2.28. The number of hydrogen-bond acceptors (Lipinski definition) is 1. The largest absolute Gasteiger partial charge is 0.388 e. The highest BCUT2D eigenvalue weighted by atomic mass is 79.9. The molecule has 0 unspecified atom stereocenters. The fourth-order valence-corrected chi connectivity index (χ4v) is 4.75. The van der Waals surface area contributed by atoms with Crippen molar-refractivity contribution in [3.05, 3.63) is 82.1 Å². The third kappa shape index (κ3) is 4.78. The Hall–Kier alpha value is -2.00. The highest BCUT2D eigenvalue weighted by Crippen LogP contribution is 2.31. The van der Waals surface area contributed by atoms with Gasteiger partial charge < -0.3 is 9.88 Å². The number of halogens is 1. The zero-order chi connectivity index (χ0) is 20.2. The van der Waals surface area contributed by atoms with E-state index >= 15 is 0 Å². The molecule has 0 bridgehead atoms. The number of hydrogen-bond donors (Lipinski definition) is 1. The Balaban J connectivity index is 1.43. The van der Waals surface area contributed by atoms with Crippen molar-refractivity contribution >= 4 is 26.8 Å². The fourth-order valence-electron chi connectivity index (χ4n) is 4.27. The summed E-state index contributed by atoms with van der Waals surface area (Å²) < 4.78 is 3.66. The minimum atomic E-state index is 0.705. The van der Waals surface area contributed by atoms with Crippen molar-refractivity contribution in [3.63, 3.8) is 0 Å². The maximum Gasteiger partial charge on any atom is 0.0483 e. The number of aromatic nitrogens is 1. The predicted octanol–water partition coefficient (Wildman–Crippen LogP) is 6.79. The summed E-state index contributed by atoms with van der Waals surface area (Å²) in [7, 11) is 0. The van der Waals surface area contributed by atoms with E-state index in [9.17, 15) is 0 Å². The Kier molecular flexibility index (Phi) is 6.44. The summed E-state index contributed by atoms with van der Waals surface area (Å²) in [6, 6.07) is 15.4. The molecule has 3 aromatic rings. The van der Waals surface area contributed by atoms with E-state index in [1.165, 1.54) is 57.0 Å². The zero-order valence-electron chi connectivity index (χ0n) is 17.4. The third-order valence-electron chi connectivity index (χ3n) is 6.27. The molecule has 29 heavy (non-hydrogen) atoms.